The molecule has 0 aliphatic carbocycles. The number of carbonyl (C=O) groups is 1. The molecule has 0 spiro atoms. The standard InChI is InChI=1S/C10H11N5O4S/c1-6(10(16)17)20(18,19)13-8-4-2-3-7(5-8)9-11-14-15-12-9/h2-6,13H,1H3,(H,16,17)(H,11,12,14,15). The molecule has 2 aromatic rings. The number of nitrogens with zero attached hydrogens (tertiary/aromatic N) is 3. The molecule has 0 fully saturated rings. The summed E-state index contributed by atoms with van der Waals surface area (Å²) in [7, 11) is -4.01. The van der Waals surface area contributed by atoms with Gasteiger partial charge in [0.15, 0.2) is 5.25 Å². The molecule has 106 valence electrons. The molecule has 1 heterocycles. The van der Waals surface area contributed by atoms with Crippen LogP contribution in [0.4, 0.5) is 5.69 Å². The van der Waals surface area contributed by atoms with E-state index < -0.39 is 21.2 Å². The number of rotatable bonds is 5. The van der Waals surface area contributed by atoms with Crippen LogP contribution in [0.3, 0.4) is 0 Å². The van der Waals surface area contributed by atoms with Crippen molar-refractivity contribution < 1.29 is 18.3 Å². The molecule has 1 atom stereocenters. The number of aromatic amines is 1. The quantitative estimate of drug-likeness (QED) is 0.710. The Kier molecular flexibility index (Phi) is 3.66. The lowest BCUT2D eigenvalue weighted by atomic mass is 10.2. The molecule has 0 saturated heterocycles. The minimum Gasteiger partial charge on any atom is -0.480 e. The molecule has 0 radical (unpaired) electrons. The molecule has 3 N–H and O–H groups in total. The number of aliphatic carboxylic acids is 1. The van der Waals surface area contributed by atoms with Gasteiger partial charge in [0.2, 0.25) is 15.8 Å². The van der Waals surface area contributed by atoms with E-state index >= 15 is 0 Å². The predicted molar refractivity (Wildman–Crippen MR) is 69.3 cm³/mol. The minimum absolute atomic E-state index is 0.223. The molecule has 0 bridgehead atoms. The molecule has 20 heavy (non-hydrogen) atoms. The van der Waals surface area contributed by atoms with E-state index in [0.29, 0.717) is 11.4 Å². The van der Waals surface area contributed by atoms with Gasteiger partial charge in [-0.2, -0.15) is 5.21 Å². The minimum atomic E-state index is -4.01. The first kappa shape index (κ1) is 13.9. The molecule has 2 rings (SSSR count). The SMILES string of the molecule is CC(C(=O)O)S(=O)(=O)Nc1cccc(-c2nn[nH]n2)c1. The molecule has 0 aliphatic rings. The summed E-state index contributed by atoms with van der Waals surface area (Å²) in [6.07, 6.45) is 0. The fourth-order valence-electron chi connectivity index (χ4n) is 1.39. The molecule has 1 aromatic carbocycles. The van der Waals surface area contributed by atoms with Crippen molar-refractivity contribution in [3.8, 4) is 11.4 Å². The summed E-state index contributed by atoms with van der Waals surface area (Å²) in [5.41, 5.74) is 0.766. The van der Waals surface area contributed by atoms with Gasteiger partial charge in [0, 0.05) is 11.3 Å². The number of carboxylic acids is 1. The highest BCUT2D eigenvalue weighted by Crippen LogP contribution is 2.20. The summed E-state index contributed by atoms with van der Waals surface area (Å²) < 4.78 is 25.8. The van der Waals surface area contributed by atoms with E-state index in [0.717, 1.165) is 6.92 Å². The van der Waals surface area contributed by atoms with Crippen molar-refractivity contribution in [2.24, 2.45) is 0 Å². The van der Waals surface area contributed by atoms with E-state index in [1.54, 1.807) is 12.1 Å². The molecule has 10 heteroatoms. The number of hydrogen-bond donors (Lipinski definition) is 3. The van der Waals surface area contributed by atoms with Crippen LogP contribution in [0.1, 0.15) is 6.92 Å². The maximum Gasteiger partial charge on any atom is 0.323 e. The Morgan fingerprint density at radius 3 is 2.80 bits per heavy atom. The highest BCUT2D eigenvalue weighted by atomic mass is 32.2. The number of anilines is 1. The fourth-order valence-corrected chi connectivity index (χ4v) is 2.29. The number of H-pyrrole nitrogens is 1. The van der Waals surface area contributed by atoms with E-state index in [2.05, 4.69) is 25.3 Å². The Morgan fingerprint density at radius 1 is 1.45 bits per heavy atom. The molecule has 0 saturated carbocycles. The Balaban J connectivity index is 2.27. The van der Waals surface area contributed by atoms with Crippen molar-refractivity contribution in [2.75, 3.05) is 4.72 Å². The Morgan fingerprint density at radius 2 is 2.20 bits per heavy atom. The lowest BCUT2D eigenvalue weighted by Gasteiger charge is -2.11. The Labute approximate surface area is 114 Å². The van der Waals surface area contributed by atoms with Crippen molar-refractivity contribution in [3.05, 3.63) is 24.3 Å². The summed E-state index contributed by atoms with van der Waals surface area (Å²) in [4.78, 5) is 10.7. The summed E-state index contributed by atoms with van der Waals surface area (Å²) in [5.74, 6) is -1.12. The van der Waals surface area contributed by atoms with E-state index in [4.69, 9.17) is 5.11 Å². The first-order valence-electron chi connectivity index (χ1n) is 5.48. The normalized spacial score (nSPS) is 12.8. The maximum atomic E-state index is 11.8. The first-order chi connectivity index (χ1) is 9.40. The summed E-state index contributed by atoms with van der Waals surface area (Å²) >= 11 is 0. The third kappa shape index (κ3) is 2.91. The summed E-state index contributed by atoms with van der Waals surface area (Å²) in [6, 6.07) is 6.24. The number of benzene rings is 1. The topological polar surface area (TPSA) is 138 Å². The van der Waals surface area contributed by atoms with Crippen LogP contribution < -0.4 is 4.72 Å². The van der Waals surface area contributed by atoms with Crippen molar-refractivity contribution >= 4 is 21.7 Å². The smallest absolute Gasteiger partial charge is 0.323 e. The third-order valence-corrected chi connectivity index (χ3v) is 4.19. The number of sulfonamides is 1. The van der Waals surface area contributed by atoms with E-state index in [1.165, 1.54) is 12.1 Å². The van der Waals surface area contributed by atoms with Crippen molar-refractivity contribution in [2.45, 2.75) is 12.2 Å². The van der Waals surface area contributed by atoms with Gasteiger partial charge in [0.25, 0.3) is 0 Å². The molecule has 1 aromatic heterocycles. The van der Waals surface area contributed by atoms with Gasteiger partial charge in [-0.3, -0.25) is 9.52 Å². The van der Waals surface area contributed by atoms with Crippen molar-refractivity contribution in [1.82, 2.24) is 20.6 Å². The second kappa shape index (κ2) is 5.25. The number of carboxylic acid groups (broad SMARTS) is 1. The lowest BCUT2D eigenvalue weighted by Crippen LogP contribution is -2.32. The second-order valence-electron chi connectivity index (χ2n) is 3.94. The lowest BCUT2D eigenvalue weighted by molar-refractivity contribution is -0.136. The van der Waals surface area contributed by atoms with E-state index in [9.17, 15) is 13.2 Å². The molecule has 0 amide bonds. The van der Waals surface area contributed by atoms with Crippen LogP contribution in [-0.2, 0) is 14.8 Å². The number of aromatic nitrogens is 4. The molecule has 1 unspecified atom stereocenters. The van der Waals surface area contributed by atoms with E-state index in [-0.39, 0.29) is 5.69 Å². The van der Waals surface area contributed by atoms with Crippen LogP contribution in [0.25, 0.3) is 11.4 Å². The third-order valence-electron chi connectivity index (χ3n) is 2.54. The number of tetrazole rings is 1. The van der Waals surface area contributed by atoms with E-state index in [1.807, 2.05) is 0 Å². The van der Waals surface area contributed by atoms with Crippen molar-refractivity contribution in [3.63, 3.8) is 0 Å². The average Bonchev–Trinajstić information content (AvgIpc) is 2.91. The van der Waals surface area contributed by atoms with Crippen LogP contribution in [-0.4, -0.2) is 45.4 Å². The van der Waals surface area contributed by atoms with Gasteiger partial charge in [-0.25, -0.2) is 8.42 Å². The zero-order valence-corrected chi connectivity index (χ0v) is 11.1. The van der Waals surface area contributed by atoms with Gasteiger partial charge in [-0.15, -0.1) is 10.2 Å². The van der Waals surface area contributed by atoms with Gasteiger partial charge < -0.3 is 5.11 Å². The predicted octanol–water partition coefficient (Wildman–Crippen LogP) is 0.0815. The summed E-state index contributed by atoms with van der Waals surface area (Å²) in [6.45, 7) is 1.09. The van der Waals surface area contributed by atoms with Gasteiger partial charge in [0.1, 0.15) is 0 Å². The molecule has 9 nitrogen and oxygen atoms in total. The highest BCUT2D eigenvalue weighted by molar-refractivity contribution is 7.94. The van der Waals surface area contributed by atoms with Gasteiger partial charge >= 0.3 is 5.97 Å². The highest BCUT2D eigenvalue weighted by Gasteiger charge is 2.27. The molecular weight excluding hydrogens is 286 g/mol. The largest absolute Gasteiger partial charge is 0.480 e. The zero-order chi connectivity index (χ0) is 14.8. The van der Waals surface area contributed by atoms with Crippen LogP contribution >= 0.6 is 0 Å². The maximum absolute atomic E-state index is 11.8. The van der Waals surface area contributed by atoms with Crippen LogP contribution in [0.5, 0.6) is 0 Å². The van der Waals surface area contributed by atoms with Crippen LogP contribution in [0.15, 0.2) is 24.3 Å². The van der Waals surface area contributed by atoms with Gasteiger partial charge in [0.05, 0.1) is 0 Å². The zero-order valence-electron chi connectivity index (χ0n) is 10.3. The first-order valence-corrected chi connectivity index (χ1v) is 7.03. The number of nitrogens with one attached hydrogen (secondary N) is 2. The molecule has 0 aliphatic heterocycles. The van der Waals surface area contributed by atoms with Crippen LogP contribution in [0, 0.1) is 0 Å². The second-order valence-corrected chi connectivity index (χ2v) is 5.95. The Hall–Kier alpha value is -2.49. The average molecular weight is 297 g/mol. The monoisotopic (exact) mass is 297 g/mol. The number of hydrogen-bond acceptors (Lipinski definition) is 6. The molecular formula is C10H11N5O4S. The van der Waals surface area contributed by atoms with Crippen molar-refractivity contribution in [1.29, 1.82) is 0 Å². The van der Waals surface area contributed by atoms with Crippen LogP contribution in [0.2, 0.25) is 0 Å². The summed E-state index contributed by atoms with van der Waals surface area (Å²) in [5, 5.41) is 20.4. The Bertz CT molecular complexity index is 713. The van der Waals surface area contributed by atoms with Gasteiger partial charge in [-0.05, 0) is 24.3 Å². The van der Waals surface area contributed by atoms with Gasteiger partial charge in [-0.1, -0.05) is 12.1 Å². The fraction of sp³-hybridized carbons (Fsp3) is 0.200.